The van der Waals surface area contributed by atoms with E-state index in [4.69, 9.17) is 19.2 Å². The summed E-state index contributed by atoms with van der Waals surface area (Å²) in [5, 5.41) is 0. The third kappa shape index (κ3) is 99.8. The normalized spacial score (nSPS) is 8.43. The van der Waals surface area contributed by atoms with Crippen LogP contribution in [0.2, 0.25) is 0 Å². The molecule has 0 spiro atoms. The van der Waals surface area contributed by atoms with E-state index in [0.717, 1.165) is 0 Å². The summed E-state index contributed by atoms with van der Waals surface area (Å²) in [6.07, 6.45) is 0. The first-order valence-corrected chi connectivity index (χ1v) is 2.35. The molecule has 7 heteroatoms. The van der Waals surface area contributed by atoms with E-state index in [1.165, 1.54) is 0 Å². The van der Waals surface area contributed by atoms with Crippen LogP contribution in [-0.2, 0) is 47.8 Å². The second kappa shape index (κ2) is 5.65. The Kier molecular flexibility index (Phi) is 12.8. The van der Waals surface area contributed by atoms with Gasteiger partial charge in [-0.25, -0.2) is 4.57 Å². The van der Waals surface area contributed by atoms with Gasteiger partial charge in [0.15, 0.2) is 0 Å². The monoisotopic (exact) mass is 243 g/mol. The average Bonchev–Trinajstić information content (AvgIpc) is 0.722. The van der Waals surface area contributed by atoms with Gasteiger partial charge in [-0.15, -0.1) is 0 Å². The van der Waals surface area contributed by atoms with E-state index < -0.39 is 7.82 Å². The molecule has 7 heavy (non-hydrogen) atoms. The molecule has 0 aromatic heterocycles. The molecule has 43 valence electrons. The van der Waals surface area contributed by atoms with Gasteiger partial charge in [-0.2, -0.15) is 0 Å². The molecule has 4 nitrogen and oxygen atoms in total. The molecule has 0 heterocycles. The van der Waals surface area contributed by atoms with E-state index in [1.807, 2.05) is 0 Å². The van der Waals surface area contributed by atoms with E-state index >= 15 is 0 Å². The number of phosphoric acid groups is 1. The number of hydrogen-bond acceptors (Lipinski definition) is 1. The summed E-state index contributed by atoms with van der Waals surface area (Å²) < 4.78 is 8.88. The Morgan fingerprint density at radius 3 is 1.14 bits per heavy atom. The van der Waals surface area contributed by atoms with Crippen molar-refractivity contribution in [3.8, 4) is 0 Å². The minimum absolute atomic E-state index is 0. The maximum Gasteiger partial charge on any atom is 0.466 e. The fourth-order valence-electron chi connectivity index (χ4n) is 0. The van der Waals surface area contributed by atoms with Crippen LogP contribution in [0, 0.1) is 0 Å². The Labute approximate surface area is 70.2 Å². The SMILES string of the molecule is O=P(O)(O)O.[Mn].[Zr]. The van der Waals surface area contributed by atoms with Crippen molar-refractivity contribution in [1.82, 2.24) is 0 Å². The average molecular weight is 244 g/mol. The molecule has 0 aliphatic rings. The van der Waals surface area contributed by atoms with Crippen LogP contribution in [0.25, 0.3) is 0 Å². The predicted molar refractivity (Wildman–Crippen MR) is 14.3 cm³/mol. The fraction of sp³-hybridized carbons (Fsp3) is 0. The maximum absolute atomic E-state index is 8.88. The first-order valence-electron chi connectivity index (χ1n) is 0.783. The van der Waals surface area contributed by atoms with Gasteiger partial charge in [-0.1, -0.05) is 0 Å². The maximum atomic E-state index is 8.88. The molecule has 0 saturated carbocycles. The molecule has 0 aromatic rings. The fourth-order valence-corrected chi connectivity index (χ4v) is 0. The first kappa shape index (κ1) is 15.8. The molecule has 0 aromatic carbocycles. The molecule has 0 rings (SSSR count). The van der Waals surface area contributed by atoms with Crippen LogP contribution >= 0.6 is 7.82 Å². The summed E-state index contributed by atoms with van der Waals surface area (Å²) in [4.78, 5) is 21.6. The van der Waals surface area contributed by atoms with Crippen molar-refractivity contribution >= 4 is 7.82 Å². The minimum atomic E-state index is -4.64. The van der Waals surface area contributed by atoms with Gasteiger partial charge >= 0.3 is 7.82 Å². The summed E-state index contributed by atoms with van der Waals surface area (Å²) in [5.74, 6) is 0. The zero-order valence-corrected chi connectivity index (χ0v) is 7.61. The summed E-state index contributed by atoms with van der Waals surface area (Å²) in [5.41, 5.74) is 0. The molecule has 0 saturated heterocycles. The van der Waals surface area contributed by atoms with Crippen molar-refractivity contribution in [2.45, 2.75) is 0 Å². The molecule has 0 unspecified atom stereocenters. The van der Waals surface area contributed by atoms with Crippen molar-refractivity contribution in [1.29, 1.82) is 0 Å². The van der Waals surface area contributed by atoms with Gasteiger partial charge < -0.3 is 14.7 Å². The quantitative estimate of drug-likeness (QED) is 0.380. The summed E-state index contributed by atoms with van der Waals surface area (Å²) in [7, 11) is -4.64. The van der Waals surface area contributed by atoms with Crippen LogP contribution in [0.5, 0.6) is 0 Å². The van der Waals surface area contributed by atoms with Crippen LogP contribution < -0.4 is 0 Å². The summed E-state index contributed by atoms with van der Waals surface area (Å²) in [6, 6.07) is 0. The second-order valence-electron chi connectivity index (χ2n) is 0.513. The van der Waals surface area contributed by atoms with Crippen molar-refractivity contribution in [2.75, 3.05) is 0 Å². The van der Waals surface area contributed by atoms with Crippen LogP contribution in [0.1, 0.15) is 0 Å². The van der Waals surface area contributed by atoms with Crippen LogP contribution in [0.15, 0.2) is 0 Å². The van der Waals surface area contributed by atoms with Crippen LogP contribution in [-0.4, -0.2) is 14.7 Å². The van der Waals surface area contributed by atoms with E-state index in [0.29, 0.717) is 0 Å². The van der Waals surface area contributed by atoms with Crippen molar-refractivity contribution in [2.24, 2.45) is 0 Å². The van der Waals surface area contributed by atoms with E-state index in [1.54, 1.807) is 0 Å². The van der Waals surface area contributed by atoms with Gasteiger partial charge in [-0.05, 0) is 0 Å². The Hall–Kier alpha value is 1.51. The molecule has 0 aliphatic heterocycles. The zero-order valence-electron chi connectivity index (χ0n) is 3.08. The third-order valence-corrected chi connectivity index (χ3v) is 0. The smallest absolute Gasteiger partial charge is 0.303 e. The van der Waals surface area contributed by atoms with E-state index in [-0.39, 0.29) is 43.3 Å². The van der Waals surface area contributed by atoms with Crippen LogP contribution in [0.3, 0.4) is 0 Å². The van der Waals surface area contributed by atoms with Gasteiger partial charge in [-0.3, -0.25) is 0 Å². The number of hydrogen-bond donors (Lipinski definition) is 3. The number of rotatable bonds is 0. The molecular weight excluding hydrogens is 241 g/mol. The summed E-state index contributed by atoms with van der Waals surface area (Å²) in [6.45, 7) is 0. The van der Waals surface area contributed by atoms with Gasteiger partial charge in [0, 0.05) is 43.3 Å². The van der Waals surface area contributed by atoms with E-state index in [9.17, 15) is 0 Å². The van der Waals surface area contributed by atoms with E-state index in [2.05, 4.69) is 0 Å². The Morgan fingerprint density at radius 2 is 1.14 bits per heavy atom. The standard InChI is InChI=1S/Mn.H3O4P.Zr/c;1-5(2,3)4;/h;(H3,1,2,3,4);. The van der Waals surface area contributed by atoms with Crippen LogP contribution in [0.4, 0.5) is 0 Å². The predicted octanol–water partition coefficient (Wildman–Crippen LogP) is -0.934. The molecule has 0 atom stereocenters. The van der Waals surface area contributed by atoms with Gasteiger partial charge in [0.05, 0.1) is 0 Å². The topological polar surface area (TPSA) is 77.8 Å². The third-order valence-electron chi connectivity index (χ3n) is 0. The Bertz CT molecular complexity index is 57.8. The molecule has 0 amide bonds. The molecular formula is H3MnO4PZr. The molecule has 0 aliphatic carbocycles. The molecule has 0 bridgehead atoms. The van der Waals surface area contributed by atoms with Crippen molar-refractivity contribution in [3.63, 3.8) is 0 Å². The molecule has 3 N–H and O–H groups in total. The van der Waals surface area contributed by atoms with Gasteiger partial charge in [0.2, 0.25) is 0 Å². The first-order chi connectivity index (χ1) is 2.00. The van der Waals surface area contributed by atoms with Gasteiger partial charge in [0.25, 0.3) is 0 Å². The zero-order chi connectivity index (χ0) is 4.50. The van der Waals surface area contributed by atoms with Gasteiger partial charge in [0.1, 0.15) is 0 Å². The Morgan fingerprint density at radius 1 is 1.14 bits per heavy atom. The Balaban J connectivity index is -0.0000000800. The largest absolute Gasteiger partial charge is 0.466 e. The minimum Gasteiger partial charge on any atom is -0.303 e. The van der Waals surface area contributed by atoms with Crippen molar-refractivity contribution < 1.29 is 62.5 Å². The molecule has 1 radical (unpaired) electrons. The second-order valence-corrected chi connectivity index (χ2v) is 1.54. The van der Waals surface area contributed by atoms with Crippen molar-refractivity contribution in [3.05, 3.63) is 0 Å². The summed E-state index contributed by atoms with van der Waals surface area (Å²) >= 11 is 0. The molecule has 0 fully saturated rings.